The summed E-state index contributed by atoms with van der Waals surface area (Å²) in [5.74, 6) is 0.564. The van der Waals surface area contributed by atoms with Crippen molar-refractivity contribution in [1.82, 2.24) is 4.57 Å². The number of ether oxygens (including phenoxy) is 1. The first-order valence-electron chi connectivity index (χ1n) is 10.5. The van der Waals surface area contributed by atoms with E-state index in [0.29, 0.717) is 23.5 Å². The number of nitriles is 1. The molecule has 2 aromatic rings. The summed E-state index contributed by atoms with van der Waals surface area (Å²) >= 11 is 0. The summed E-state index contributed by atoms with van der Waals surface area (Å²) in [5, 5.41) is 20.6. The van der Waals surface area contributed by atoms with Gasteiger partial charge in [-0.25, -0.2) is 0 Å². The van der Waals surface area contributed by atoms with Crippen molar-refractivity contribution < 1.29 is 14.3 Å². The van der Waals surface area contributed by atoms with Crippen LogP contribution in [0.3, 0.4) is 0 Å². The second kappa shape index (κ2) is 7.94. The van der Waals surface area contributed by atoms with E-state index in [1.807, 2.05) is 0 Å². The lowest BCUT2D eigenvalue weighted by Gasteiger charge is -2.42. The van der Waals surface area contributed by atoms with Crippen LogP contribution in [0, 0.1) is 11.3 Å². The van der Waals surface area contributed by atoms with Gasteiger partial charge in [0, 0.05) is 17.8 Å². The summed E-state index contributed by atoms with van der Waals surface area (Å²) < 4.78 is 13.9. The molecule has 0 saturated carbocycles. The Kier molecular flexibility index (Phi) is 5.96. The summed E-state index contributed by atoms with van der Waals surface area (Å²) in [6.07, 6.45) is 0.774. The second-order valence-corrected chi connectivity index (χ2v) is 15.1. The van der Waals surface area contributed by atoms with E-state index in [1.54, 1.807) is 48.9 Å². The molecule has 1 N–H and O–H groups in total. The fourth-order valence-electron chi connectivity index (χ4n) is 3.47. The number of aliphatic hydroxyl groups is 1. The second-order valence-electron chi connectivity index (χ2n) is 10.3. The molecule has 1 aliphatic heterocycles. The molecule has 166 valence electrons. The third-order valence-corrected chi connectivity index (χ3v) is 11.0. The predicted molar refractivity (Wildman–Crippen MR) is 123 cm³/mol. The molecule has 0 spiro atoms. The number of fused-ring (bicyclic) bond motifs is 1. The van der Waals surface area contributed by atoms with E-state index in [1.165, 1.54) is 6.07 Å². The van der Waals surface area contributed by atoms with Gasteiger partial charge in [-0.05, 0) is 61.8 Å². The Morgan fingerprint density at radius 1 is 1.26 bits per heavy atom. The van der Waals surface area contributed by atoms with E-state index in [4.69, 9.17) is 9.16 Å². The van der Waals surface area contributed by atoms with Gasteiger partial charge in [0.15, 0.2) is 8.32 Å². The summed E-state index contributed by atoms with van der Waals surface area (Å²) in [6.45, 7) is 14.9. The lowest BCUT2D eigenvalue weighted by atomic mass is 9.85. The average molecular weight is 441 g/mol. The monoisotopic (exact) mass is 440 g/mol. The quantitative estimate of drug-likeness (QED) is 0.714. The van der Waals surface area contributed by atoms with Crippen molar-refractivity contribution in [1.29, 1.82) is 5.26 Å². The third kappa shape index (κ3) is 4.47. The highest BCUT2D eigenvalue weighted by Gasteiger charge is 2.44. The molecule has 0 bridgehead atoms. The zero-order valence-corrected chi connectivity index (χ0v) is 20.4. The van der Waals surface area contributed by atoms with Crippen LogP contribution >= 0.6 is 0 Å². The molecular weight excluding hydrogens is 408 g/mol. The number of hydrogen-bond acceptors (Lipinski definition) is 5. The van der Waals surface area contributed by atoms with Crippen LogP contribution in [-0.2, 0) is 11.0 Å². The molecular formula is C24H32N2O4Si. The topological polar surface area (TPSA) is 84.5 Å². The zero-order valence-electron chi connectivity index (χ0n) is 19.4. The van der Waals surface area contributed by atoms with Gasteiger partial charge in [-0.1, -0.05) is 20.8 Å². The molecule has 0 fully saturated rings. The first kappa shape index (κ1) is 23.3. The average Bonchev–Trinajstić information content (AvgIpc) is 2.67. The Balaban J connectivity index is 2.05. The fourth-order valence-corrected chi connectivity index (χ4v) is 4.43. The van der Waals surface area contributed by atoms with Crippen LogP contribution in [-0.4, -0.2) is 29.7 Å². The minimum absolute atomic E-state index is 0.0784. The molecule has 2 heterocycles. The van der Waals surface area contributed by atoms with Crippen molar-refractivity contribution in [3.63, 3.8) is 0 Å². The largest absolute Gasteiger partial charge is 0.485 e. The molecule has 31 heavy (non-hydrogen) atoms. The van der Waals surface area contributed by atoms with E-state index in [9.17, 15) is 15.2 Å². The number of aromatic nitrogens is 1. The highest BCUT2D eigenvalue weighted by atomic mass is 28.4. The summed E-state index contributed by atoms with van der Waals surface area (Å²) in [5.41, 5.74) is 0.795. The number of rotatable bonds is 4. The van der Waals surface area contributed by atoms with Crippen LogP contribution in [0.25, 0.3) is 0 Å². The summed E-state index contributed by atoms with van der Waals surface area (Å²) in [7, 11) is -1.96. The van der Waals surface area contributed by atoms with Gasteiger partial charge < -0.3 is 18.8 Å². The molecule has 6 nitrogen and oxygen atoms in total. The van der Waals surface area contributed by atoms with Crippen LogP contribution in [0.1, 0.15) is 57.4 Å². The third-order valence-electron chi connectivity index (χ3n) is 6.55. The van der Waals surface area contributed by atoms with E-state index in [2.05, 4.69) is 39.9 Å². The van der Waals surface area contributed by atoms with Crippen LogP contribution in [0.2, 0.25) is 18.1 Å². The Morgan fingerprint density at radius 3 is 2.55 bits per heavy atom. The maximum Gasteiger partial charge on any atom is 0.251 e. The smallest absolute Gasteiger partial charge is 0.251 e. The van der Waals surface area contributed by atoms with Gasteiger partial charge in [0.05, 0.1) is 24.3 Å². The van der Waals surface area contributed by atoms with Gasteiger partial charge >= 0.3 is 0 Å². The number of hydrogen-bond donors (Lipinski definition) is 1. The molecule has 0 aliphatic carbocycles. The molecule has 2 atom stereocenters. The van der Waals surface area contributed by atoms with Crippen molar-refractivity contribution in [2.24, 2.45) is 0 Å². The van der Waals surface area contributed by atoms with Crippen LogP contribution in [0.5, 0.6) is 5.75 Å². The molecule has 1 aliphatic rings. The molecule has 1 aromatic heterocycles. The van der Waals surface area contributed by atoms with Crippen molar-refractivity contribution in [2.75, 3.05) is 0 Å². The number of benzene rings is 1. The van der Waals surface area contributed by atoms with E-state index < -0.39 is 26.1 Å². The Bertz CT molecular complexity index is 1080. The lowest BCUT2D eigenvalue weighted by molar-refractivity contribution is -0.0643. The Hall–Kier alpha value is -2.40. The molecule has 0 unspecified atom stereocenters. The minimum atomic E-state index is -1.96. The maximum absolute atomic E-state index is 12.9. The molecule has 3 rings (SSSR count). The maximum atomic E-state index is 12.9. The SMILES string of the molecule is CC1(C)Oc2ccc(C#N)cc2[C@H](n2cc(CO[Si](C)(C)C(C)(C)C)ccc2=O)[C@H]1O. The fraction of sp³-hybridized carbons (Fsp3) is 0.500. The normalized spacial score (nSPS) is 20.5. The van der Waals surface area contributed by atoms with Gasteiger partial charge in [0.1, 0.15) is 17.5 Å². The molecule has 0 saturated heterocycles. The summed E-state index contributed by atoms with van der Waals surface area (Å²) in [4.78, 5) is 12.9. The van der Waals surface area contributed by atoms with Gasteiger partial charge in [0.2, 0.25) is 0 Å². The highest BCUT2D eigenvalue weighted by Crippen LogP contribution is 2.42. The van der Waals surface area contributed by atoms with Crippen molar-refractivity contribution in [3.8, 4) is 11.8 Å². The van der Waals surface area contributed by atoms with Gasteiger partial charge in [-0.2, -0.15) is 5.26 Å². The number of aliphatic hydroxyl groups excluding tert-OH is 1. The number of nitrogens with zero attached hydrogens (tertiary/aromatic N) is 2. The molecule has 0 amide bonds. The van der Waals surface area contributed by atoms with E-state index in [-0.39, 0.29) is 10.6 Å². The lowest BCUT2D eigenvalue weighted by Crippen LogP contribution is -2.52. The Morgan fingerprint density at radius 2 is 1.94 bits per heavy atom. The van der Waals surface area contributed by atoms with Gasteiger partial charge in [-0.3, -0.25) is 4.79 Å². The highest BCUT2D eigenvalue weighted by molar-refractivity contribution is 6.74. The molecule has 1 aromatic carbocycles. The zero-order chi connectivity index (χ0) is 23.2. The van der Waals surface area contributed by atoms with Crippen LogP contribution < -0.4 is 10.3 Å². The van der Waals surface area contributed by atoms with E-state index in [0.717, 1.165) is 5.56 Å². The van der Waals surface area contributed by atoms with Gasteiger partial charge in [-0.15, -0.1) is 0 Å². The van der Waals surface area contributed by atoms with Crippen molar-refractivity contribution in [3.05, 3.63) is 63.6 Å². The summed E-state index contributed by atoms with van der Waals surface area (Å²) in [6, 6.07) is 9.82. The first-order chi connectivity index (χ1) is 14.3. The van der Waals surface area contributed by atoms with Crippen molar-refractivity contribution in [2.45, 2.75) is 77.1 Å². The molecule has 0 radical (unpaired) electrons. The van der Waals surface area contributed by atoms with Crippen LogP contribution in [0.15, 0.2) is 41.3 Å². The Labute approximate surface area is 185 Å². The van der Waals surface area contributed by atoms with Crippen LogP contribution in [0.4, 0.5) is 0 Å². The predicted octanol–water partition coefficient (Wildman–Crippen LogP) is 4.36. The minimum Gasteiger partial charge on any atom is -0.485 e. The first-order valence-corrected chi connectivity index (χ1v) is 13.4. The van der Waals surface area contributed by atoms with Gasteiger partial charge in [0.25, 0.3) is 5.56 Å². The standard InChI is InChI=1S/C24H32N2O4Si/c1-23(2,3)31(6,7)29-15-17-9-11-20(27)26(14-17)21-18-12-16(13-25)8-10-19(18)30-24(4,5)22(21)28/h8-12,14,21-22,28H,15H2,1-7H3/t21-,22+/m0/s1. The number of pyridine rings is 1. The van der Waals surface area contributed by atoms with E-state index >= 15 is 0 Å². The molecule has 7 heteroatoms. The van der Waals surface area contributed by atoms with Crippen molar-refractivity contribution >= 4 is 8.32 Å².